The van der Waals surface area contributed by atoms with Crippen LogP contribution in [0.4, 0.5) is 0 Å². The van der Waals surface area contributed by atoms with E-state index < -0.39 is 47.9 Å². The van der Waals surface area contributed by atoms with E-state index >= 15 is 0 Å². The van der Waals surface area contributed by atoms with Crippen LogP contribution in [0, 0.1) is 11.8 Å². The average molecular weight is 501 g/mol. The molecule has 0 heterocycles. The second kappa shape index (κ2) is 16.7. The molecule has 0 rings (SSSR count). The van der Waals surface area contributed by atoms with Gasteiger partial charge < -0.3 is 44.0 Å². The number of unbranched alkanes of at least 4 members (excludes halogenated alkanes) is 1. The first-order chi connectivity index (χ1) is 16.3. The van der Waals surface area contributed by atoms with Crippen LogP contribution in [-0.4, -0.2) is 72.0 Å². The van der Waals surface area contributed by atoms with E-state index in [1.54, 1.807) is 27.7 Å². The Kier molecular flexibility index (Phi) is 15.3. The lowest BCUT2D eigenvalue weighted by molar-refractivity contribution is -0.143. The molecule has 0 bridgehead atoms. The van der Waals surface area contributed by atoms with Crippen molar-refractivity contribution in [2.45, 2.75) is 84.0 Å². The summed E-state index contributed by atoms with van der Waals surface area (Å²) in [5.41, 5.74) is 22.1. The fraction of sp³-hybridized carbons (Fsp3) is 0.773. The van der Waals surface area contributed by atoms with Crippen molar-refractivity contribution in [1.82, 2.24) is 16.0 Å². The molecule has 3 amide bonds. The van der Waals surface area contributed by atoms with Crippen molar-refractivity contribution >= 4 is 29.7 Å². The second-order valence-electron chi connectivity index (χ2n) is 9.19. The summed E-state index contributed by atoms with van der Waals surface area (Å²) >= 11 is 0. The molecule has 0 saturated carbocycles. The molecule has 0 aromatic carbocycles. The maximum absolute atomic E-state index is 13.1. The number of carbonyl (C=O) groups excluding carboxylic acids is 3. The van der Waals surface area contributed by atoms with E-state index in [1.165, 1.54) is 0 Å². The highest BCUT2D eigenvalue weighted by Crippen LogP contribution is 2.08. The second-order valence-corrected chi connectivity index (χ2v) is 9.19. The molecule has 0 aromatic heterocycles. The van der Waals surface area contributed by atoms with Gasteiger partial charge in [-0.05, 0) is 50.5 Å². The van der Waals surface area contributed by atoms with Gasteiger partial charge in [-0.3, -0.25) is 19.4 Å². The van der Waals surface area contributed by atoms with E-state index in [0.29, 0.717) is 25.8 Å². The van der Waals surface area contributed by atoms with Crippen molar-refractivity contribution in [3.8, 4) is 0 Å². The van der Waals surface area contributed by atoms with Gasteiger partial charge in [0.1, 0.15) is 18.1 Å². The van der Waals surface area contributed by atoms with Crippen molar-refractivity contribution in [3.63, 3.8) is 0 Å². The maximum atomic E-state index is 13.1. The number of aliphatic carboxylic acids is 1. The number of carbonyl (C=O) groups is 4. The Labute approximate surface area is 207 Å². The summed E-state index contributed by atoms with van der Waals surface area (Å²) in [4.78, 5) is 53.9. The van der Waals surface area contributed by atoms with Crippen molar-refractivity contribution in [2.75, 3.05) is 13.1 Å². The van der Waals surface area contributed by atoms with E-state index in [2.05, 4.69) is 20.9 Å². The van der Waals surface area contributed by atoms with Gasteiger partial charge in [-0.25, -0.2) is 4.79 Å². The molecule has 4 unspecified atom stereocenters. The SMILES string of the molecule is CC(C)C(N)C(=O)NC(CCCN=C(N)N)C(=O)NC(CCCCN)C(=O)NC(C(=O)O)C(C)C. The van der Waals surface area contributed by atoms with Crippen LogP contribution in [-0.2, 0) is 19.2 Å². The van der Waals surface area contributed by atoms with E-state index in [9.17, 15) is 24.3 Å². The third-order valence-electron chi connectivity index (χ3n) is 5.41. The summed E-state index contributed by atoms with van der Waals surface area (Å²) in [6, 6.07) is -3.94. The number of guanidine groups is 1. The smallest absolute Gasteiger partial charge is 0.326 e. The number of nitrogens with one attached hydrogen (secondary N) is 3. The zero-order chi connectivity index (χ0) is 27.1. The molecule has 0 aromatic rings. The quantitative estimate of drug-likeness (QED) is 0.0646. The van der Waals surface area contributed by atoms with Gasteiger partial charge in [0.05, 0.1) is 6.04 Å². The van der Waals surface area contributed by atoms with E-state index in [0.717, 1.165) is 0 Å². The number of hydrogen-bond acceptors (Lipinski definition) is 7. The highest BCUT2D eigenvalue weighted by Gasteiger charge is 2.31. The molecule has 202 valence electrons. The van der Waals surface area contributed by atoms with Gasteiger partial charge in [-0.15, -0.1) is 0 Å². The Hall–Kier alpha value is -2.93. The van der Waals surface area contributed by atoms with Crippen molar-refractivity contribution in [3.05, 3.63) is 0 Å². The standard InChI is InChI=1S/C22H44N8O5/c1-12(2)16(24)20(33)29-15(9-7-11-27-22(25)26)18(31)28-14(8-5-6-10-23)19(32)30-17(13(3)4)21(34)35/h12-17H,5-11,23-24H2,1-4H3,(H,28,31)(H,29,33)(H,30,32)(H,34,35)(H4,25,26,27). The number of nitrogens with two attached hydrogens (primary N) is 4. The van der Waals surface area contributed by atoms with Crippen LogP contribution in [0.2, 0.25) is 0 Å². The van der Waals surface area contributed by atoms with Gasteiger partial charge in [-0.1, -0.05) is 27.7 Å². The summed E-state index contributed by atoms with van der Waals surface area (Å²) in [5, 5.41) is 17.2. The number of aliphatic imine (C=N–C) groups is 1. The Balaban J connectivity index is 5.61. The Morgan fingerprint density at radius 1 is 0.800 bits per heavy atom. The highest BCUT2D eigenvalue weighted by atomic mass is 16.4. The fourth-order valence-electron chi connectivity index (χ4n) is 3.14. The number of hydrogen-bond donors (Lipinski definition) is 8. The minimum Gasteiger partial charge on any atom is -0.480 e. The predicted octanol–water partition coefficient (Wildman–Crippen LogP) is -1.65. The van der Waals surface area contributed by atoms with Crippen LogP contribution in [0.15, 0.2) is 4.99 Å². The molecule has 0 spiro atoms. The first kappa shape index (κ1) is 32.1. The maximum Gasteiger partial charge on any atom is 0.326 e. The van der Waals surface area contributed by atoms with Crippen molar-refractivity contribution < 1.29 is 24.3 Å². The van der Waals surface area contributed by atoms with Gasteiger partial charge in [0.15, 0.2) is 5.96 Å². The van der Waals surface area contributed by atoms with Crippen LogP contribution in [0.5, 0.6) is 0 Å². The van der Waals surface area contributed by atoms with Gasteiger partial charge in [0, 0.05) is 6.54 Å². The largest absolute Gasteiger partial charge is 0.480 e. The minimum absolute atomic E-state index is 0.0911. The Morgan fingerprint density at radius 3 is 1.77 bits per heavy atom. The summed E-state index contributed by atoms with van der Waals surface area (Å²) in [5.74, 6) is -3.50. The Morgan fingerprint density at radius 2 is 1.31 bits per heavy atom. The molecule has 0 aliphatic carbocycles. The summed E-state index contributed by atoms with van der Waals surface area (Å²) < 4.78 is 0. The molecule has 35 heavy (non-hydrogen) atoms. The third-order valence-corrected chi connectivity index (χ3v) is 5.41. The first-order valence-corrected chi connectivity index (χ1v) is 12.0. The lowest BCUT2D eigenvalue weighted by Gasteiger charge is -2.26. The summed E-state index contributed by atoms with van der Waals surface area (Å²) in [7, 11) is 0. The number of carboxylic acid groups (broad SMARTS) is 1. The third kappa shape index (κ3) is 12.9. The minimum atomic E-state index is -1.17. The molecule has 12 N–H and O–H groups in total. The summed E-state index contributed by atoms with van der Waals surface area (Å²) in [6.45, 7) is 7.55. The van der Waals surface area contributed by atoms with Gasteiger partial charge >= 0.3 is 5.97 Å². The topological polar surface area (TPSA) is 241 Å². The molecule has 4 atom stereocenters. The van der Waals surface area contributed by atoms with E-state index in [4.69, 9.17) is 22.9 Å². The number of amides is 3. The molecule has 0 aliphatic rings. The molecular formula is C22H44N8O5. The van der Waals surface area contributed by atoms with Crippen LogP contribution in [0.25, 0.3) is 0 Å². The number of carboxylic acids is 1. The highest BCUT2D eigenvalue weighted by molar-refractivity contribution is 5.94. The molecular weight excluding hydrogens is 456 g/mol. The van der Waals surface area contributed by atoms with Crippen LogP contribution in [0.3, 0.4) is 0 Å². The zero-order valence-corrected chi connectivity index (χ0v) is 21.3. The average Bonchev–Trinajstić information content (AvgIpc) is 2.77. The fourth-order valence-corrected chi connectivity index (χ4v) is 3.14. The predicted molar refractivity (Wildman–Crippen MR) is 134 cm³/mol. The first-order valence-electron chi connectivity index (χ1n) is 12.0. The van der Waals surface area contributed by atoms with Crippen molar-refractivity contribution in [2.24, 2.45) is 39.8 Å². The van der Waals surface area contributed by atoms with Crippen LogP contribution < -0.4 is 38.9 Å². The monoisotopic (exact) mass is 500 g/mol. The van der Waals surface area contributed by atoms with Crippen molar-refractivity contribution in [1.29, 1.82) is 0 Å². The number of rotatable bonds is 17. The zero-order valence-electron chi connectivity index (χ0n) is 21.3. The van der Waals surface area contributed by atoms with Gasteiger partial charge in [0.25, 0.3) is 0 Å². The lowest BCUT2D eigenvalue weighted by atomic mass is 10.0. The number of nitrogens with zero attached hydrogens (tertiary/aromatic N) is 1. The molecule has 0 aliphatic heterocycles. The molecule has 13 heteroatoms. The normalized spacial score (nSPS) is 14.5. The van der Waals surface area contributed by atoms with Gasteiger partial charge in [-0.2, -0.15) is 0 Å². The van der Waals surface area contributed by atoms with Gasteiger partial charge in [0.2, 0.25) is 17.7 Å². The van der Waals surface area contributed by atoms with E-state index in [-0.39, 0.29) is 37.2 Å². The van der Waals surface area contributed by atoms with Crippen LogP contribution >= 0.6 is 0 Å². The van der Waals surface area contributed by atoms with Crippen LogP contribution in [0.1, 0.15) is 59.8 Å². The lowest BCUT2D eigenvalue weighted by Crippen LogP contribution is -2.58. The van der Waals surface area contributed by atoms with E-state index in [1.807, 2.05) is 0 Å². The molecule has 0 saturated heterocycles. The molecule has 0 fully saturated rings. The summed E-state index contributed by atoms with van der Waals surface area (Å²) in [6.07, 6.45) is 1.98. The Bertz CT molecular complexity index is 725. The molecule has 13 nitrogen and oxygen atoms in total. The molecule has 0 radical (unpaired) electrons.